The van der Waals surface area contributed by atoms with Crippen LogP contribution in [0.25, 0.3) is 11.1 Å². The van der Waals surface area contributed by atoms with Crippen LogP contribution in [0.4, 0.5) is 0 Å². The number of rotatable bonds is 1. The van der Waals surface area contributed by atoms with Crippen LogP contribution in [0.1, 0.15) is 0 Å². The number of hydrogen-bond donors (Lipinski definition) is 0. The van der Waals surface area contributed by atoms with Gasteiger partial charge < -0.3 is 9.26 Å². The second-order valence-electron chi connectivity index (χ2n) is 2.08. The fourth-order valence-corrected chi connectivity index (χ4v) is 0.944. The Bertz CT molecular complexity index is 369. The Labute approximate surface area is 62.7 Å². The van der Waals surface area contributed by atoms with Gasteiger partial charge in [0.25, 0.3) is 0 Å². The van der Waals surface area contributed by atoms with Gasteiger partial charge in [0, 0.05) is 5.27 Å². The highest BCUT2D eigenvalue weighted by Gasteiger charge is 2.04. The van der Waals surface area contributed by atoms with Crippen molar-refractivity contribution in [3.05, 3.63) is 18.2 Å². The zero-order valence-corrected chi connectivity index (χ0v) is 5.94. The number of benzene rings is 1. The van der Waals surface area contributed by atoms with Crippen molar-refractivity contribution in [2.75, 3.05) is 7.11 Å². The molecule has 0 amide bonds. The largest absolute Gasteiger partial charge is 0.494 e. The summed E-state index contributed by atoms with van der Waals surface area (Å²) in [5, 5.41) is 7.15. The molecule has 11 heavy (non-hydrogen) atoms. The Balaban J connectivity index is 2.79. The predicted octanol–water partition coefficient (Wildman–Crippen LogP) is 1.23. The summed E-state index contributed by atoms with van der Waals surface area (Å²) in [7, 11) is 1.59. The Hall–Kier alpha value is -1.58. The van der Waals surface area contributed by atoms with Gasteiger partial charge in [-0.05, 0) is 12.1 Å². The topological polar surface area (TPSA) is 48.2 Å². The summed E-state index contributed by atoms with van der Waals surface area (Å²) in [5.74, 6) is 0.684. The van der Waals surface area contributed by atoms with Crippen molar-refractivity contribution < 1.29 is 9.26 Å². The van der Waals surface area contributed by atoms with Crippen LogP contribution in [0.2, 0.25) is 0 Å². The molecule has 0 radical (unpaired) electrons. The van der Waals surface area contributed by atoms with E-state index in [0.29, 0.717) is 16.8 Å². The molecule has 0 aliphatic carbocycles. The summed E-state index contributed by atoms with van der Waals surface area (Å²) in [6, 6.07) is 5.43. The fraction of sp³-hybridized carbons (Fsp3) is 0.143. The molecule has 56 valence electrons. The Morgan fingerprint density at radius 3 is 3.18 bits per heavy atom. The first-order valence-corrected chi connectivity index (χ1v) is 3.17. The first-order valence-electron chi connectivity index (χ1n) is 3.17. The highest BCUT2D eigenvalue weighted by Crippen LogP contribution is 2.21. The third-order valence-corrected chi connectivity index (χ3v) is 1.46. The molecule has 1 heterocycles. The number of aromatic nitrogens is 2. The van der Waals surface area contributed by atoms with Crippen LogP contribution in [-0.2, 0) is 0 Å². The van der Waals surface area contributed by atoms with Gasteiger partial charge in [0.15, 0.2) is 11.1 Å². The molecule has 0 fully saturated rings. The third-order valence-electron chi connectivity index (χ3n) is 1.46. The van der Waals surface area contributed by atoms with Gasteiger partial charge in [-0.15, -0.1) is 5.10 Å². The molecule has 0 spiro atoms. The maximum absolute atomic E-state index is 5.02. The third kappa shape index (κ3) is 0.832. The van der Waals surface area contributed by atoms with E-state index in [1.807, 2.05) is 12.1 Å². The van der Waals surface area contributed by atoms with Crippen LogP contribution >= 0.6 is 0 Å². The highest BCUT2D eigenvalue weighted by molar-refractivity contribution is 5.78. The zero-order valence-electron chi connectivity index (χ0n) is 5.94. The molecule has 0 saturated carbocycles. The second kappa shape index (κ2) is 2.23. The molecule has 0 aliphatic heterocycles. The molecule has 1 aromatic heterocycles. The average Bonchev–Trinajstić information content (AvgIpc) is 2.50. The first kappa shape index (κ1) is 6.15. The molecular weight excluding hydrogens is 144 g/mol. The summed E-state index contributed by atoms with van der Waals surface area (Å²) < 4.78 is 9.84. The molecule has 4 nitrogen and oxygen atoms in total. The van der Waals surface area contributed by atoms with E-state index >= 15 is 0 Å². The van der Waals surface area contributed by atoms with Gasteiger partial charge in [-0.25, -0.2) is 0 Å². The van der Waals surface area contributed by atoms with Gasteiger partial charge in [0.1, 0.15) is 5.75 Å². The van der Waals surface area contributed by atoms with E-state index in [1.165, 1.54) is 0 Å². The van der Waals surface area contributed by atoms with Crippen molar-refractivity contribution >= 4 is 11.1 Å². The van der Waals surface area contributed by atoms with E-state index < -0.39 is 0 Å². The lowest BCUT2D eigenvalue weighted by Crippen LogP contribution is -1.82. The molecule has 4 heteroatoms. The molecule has 0 bridgehead atoms. The second-order valence-corrected chi connectivity index (χ2v) is 2.08. The van der Waals surface area contributed by atoms with Crippen LogP contribution in [0.15, 0.2) is 22.7 Å². The number of ether oxygens (including phenoxy) is 1. The molecule has 2 rings (SSSR count). The lowest BCUT2D eigenvalue weighted by Gasteiger charge is -1.95. The van der Waals surface area contributed by atoms with E-state index in [1.54, 1.807) is 13.2 Å². The summed E-state index contributed by atoms with van der Waals surface area (Å²) in [6.07, 6.45) is 0. The smallest absolute Gasteiger partial charge is 0.191 e. The lowest BCUT2D eigenvalue weighted by molar-refractivity contribution is 0.418. The van der Waals surface area contributed by atoms with Crippen LogP contribution < -0.4 is 4.74 Å². The quantitative estimate of drug-likeness (QED) is 0.613. The van der Waals surface area contributed by atoms with Crippen LogP contribution in [0.3, 0.4) is 0 Å². The number of methoxy groups -OCH3 is 1. The minimum absolute atomic E-state index is 0.643. The van der Waals surface area contributed by atoms with Crippen molar-refractivity contribution in [1.82, 2.24) is 10.4 Å². The number of fused-ring (bicyclic) bond motifs is 1. The molecule has 2 aromatic rings. The monoisotopic (exact) mass is 150 g/mol. The van der Waals surface area contributed by atoms with Gasteiger partial charge >= 0.3 is 0 Å². The molecule has 0 aliphatic rings. The molecular formula is C7H6N2O2. The highest BCUT2D eigenvalue weighted by atomic mass is 16.5. The number of hydrogen-bond acceptors (Lipinski definition) is 4. The van der Waals surface area contributed by atoms with Gasteiger partial charge in [-0.2, -0.15) is 0 Å². The first-order chi connectivity index (χ1) is 5.42. The summed E-state index contributed by atoms with van der Waals surface area (Å²) in [5.41, 5.74) is 1.30. The van der Waals surface area contributed by atoms with Crippen molar-refractivity contribution in [2.24, 2.45) is 0 Å². The zero-order chi connectivity index (χ0) is 7.68. The van der Waals surface area contributed by atoms with E-state index in [2.05, 4.69) is 10.4 Å². The normalized spacial score (nSPS) is 10.3. The standard InChI is InChI=1S/C7H6N2O2/c1-10-5-3-2-4-6-7(5)8-9-11-6/h2-4H,1H3. The summed E-state index contributed by atoms with van der Waals surface area (Å²) >= 11 is 0. The van der Waals surface area contributed by atoms with Gasteiger partial charge in [-0.3, -0.25) is 0 Å². The maximum atomic E-state index is 5.02. The SMILES string of the molecule is COc1cccc2onnc12. The predicted molar refractivity (Wildman–Crippen MR) is 38.4 cm³/mol. The lowest BCUT2D eigenvalue weighted by atomic mass is 10.3. The van der Waals surface area contributed by atoms with Crippen LogP contribution in [0.5, 0.6) is 5.75 Å². The molecule has 0 N–H and O–H groups in total. The van der Waals surface area contributed by atoms with Crippen molar-refractivity contribution in [3.8, 4) is 5.75 Å². The minimum Gasteiger partial charge on any atom is -0.494 e. The Morgan fingerprint density at radius 1 is 1.45 bits per heavy atom. The minimum atomic E-state index is 0.643. The Kier molecular flexibility index (Phi) is 1.25. The fourth-order valence-electron chi connectivity index (χ4n) is 0.944. The maximum Gasteiger partial charge on any atom is 0.191 e. The molecule has 1 aromatic carbocycles. The van der Waals surface area contributed by atoms with Crippen LogP contribution in [0, 0.1) is 0 Å². The summed E-state index contributed by atoms with van der Waals surface area (Å²) in [6.45, 7) is 0. The van der Waals surface area contributed by atoms with E-state index in [4.69, 9.17) is 9.26 Å². The molecule has 0 unspecified atom stereocenters. The Morgan fingerprint density at radius 2 is 2.36 bits per heavy atom. The molecule has 0 atom stereocenters. The average molecular weight is 150 g/mol. The van der Waals surface area contributed by atoms with Gasteiger partial charge in [-0.1, -0.05) is 6.07 Å². The summed E-state index contributed by atoms with van der Waals surface area (Å²) in [4.78, 5) is 0. The van der Waals surface area contributed by atoms with Gasteiger partial charge in [0.05, 0.1) is 7.11 Å². The van der Waals surface area contributed by atoms with Crippen molar-refractivity contribution in [1.29, 1.82) is 0 Å². The number of nitrogens with zero attached hydrogens (tertiary/aromatic N) is 2. The molecule has 0 saturated heterocycles. The van der Waals surface area contributed by atoms with Gasteiger partial charge in [0.2, 0.25) is 0 Å². The van der Waals surface area contributed by atoms with E-state index in [-0.39, 0.29) is 0 Å². The van der Waals surface area contributed by atoms with Crippen LogP contribution in [-0.4, -0.2) is 17.5 Å². The van der Waals surface area contributed by atoms with E-state index in [9.17, 15) is 0 Å². The van der Waals surface area contributed by atoms with Crippen molar-refractivity contribution in [2.45, 2.75) is 0 Å². The van der Waals surface area contributed by atoms with E-state index in [0.717, 1.165) is 0 Å². The van der Waals surface area contributed by atoms with Crippen molar-refractivity contribution in [3.63, 3.8) is 0 Å².